The van der Waals surface area contributed by atoms with Gasteiger partial charge in [0.25, 0.3) is 10.0 Å². The van der Waals surface area contributed by atoms with Gasteiger partial charge in [0.2, 0.25) is 5.91 Å². The van der Waals surface area contributed by atoms with Gasteiger partial charge in [0.1, 0.15) is 17.0 Å². The molecule has 0 spiro atoms. The zero-order chi connectivity index (χ0) is 19.1. The average Bonchev–Trinajstić information content (AvgIpc) is 3.24. The van der Waals surface area contributed by atoms with Crippen molar-refractivity contribution in [3.8, 4) is 6.07 Å². The lowest BCUT2D eigenvalue weighted by molar-refractivity contribution is -0.120. The van der Waals surface area contributed by atoms with Crippen LogP contribution < -0.4 is 10.5 Å². The van der Waals surface area contributed by atoms with Gasteiger partial charge in [-0.3, -0.25) is 14.2 Å². The van der Waals surface area contributed by atoms with E-state index < -0.39 is 22.0 Å². The van der Waals surface area contributed by atoms with E-state index in [1.165, 1.54) is 31.5 Å². The number of nitriles is 1. The fraction of sp³-hybridized carbons (Fsp3) is 0.133. The van der Waals surface area contributed by atoms with Crippen LogP contribution in [-0.2, 0) is 14.8 Å². The molecule has 2 heterocycles. The van der Waals surface area contributed by atoms with Crippen LogP contribution in [0.4, 0.5) is 5.69 Å². The number of halogens is 1. The van der Waals surface area contributed by atoms with Gasteiger partial charge in [0.15, 0.2) is 0 Å². The Labute approximate surface area is 153 Å². The van der Waals surface area contributed by atoms with Crippen molar-refractivity contribution in [2.45, 2.75) is 17.9 Å². The van der Waals surface area contributed by atoms with Crippen molar-refractivity contribution in [2.75, 3.05) is 4.72 Å². The number of sulfonamides is 1. The molecule has 26 heavy (non-hydrogen) atoms. The van der Waals surface area contributed by atoms with Crippen LogP contribution in [0.15, 0.2) is 35.6 Å². The first kappa shape index (κ1) is 17.8. The number of nitrogens with one attached hydrogen (secondary N) is 2. The van der Waals surface area contributed by atoms with Crippen molar-refractivity contribution < 1.29 is 13.2 Å². The summed E-state index contributed by atoms with van der Waals surface area (Å²) in [6, 6.07) is 4.18. The zero-order valence-corrected chi connectivity index (χ0v) is 15.0. The fourth-order valence-electron chi connectivity index (χ4n) is 2.39. The molecule has 0 saturated heterocycles. The lowest BCUT2D eigenvalue weighted by Crippen LogP contribution is -2.24. The molecule has 3 aromatic rings. The minimum Gasteiger partial charge on any atom is -0.368 e. The molecule has 0 unspecified atom stereocenters. The van der Waals surface area contributed by atoms with Gasteiger partial charge in [-0.15, -0.1) is 0 Å². The molecule has 134 valence electrons. The number of aromatic amines is 1. The molecule has 0 bridgehead atoms. The highest BCUT2D eigenvalue weighted by molar-refractivity contribution is 7.92. The van der Waals surface area contributed by atoms with Crippen LogP contribution in [0.1, 0.15) is 18.5 Å². The molecular weight excluding hydrogens is 380 g/mol. The van der Waals surface area contributed by atoms with E-state index in [0.29, 0.717) is 21.5 Å². The summed E-state index contributed by atoms with van der Waals surface area (Å²) in [6.07, 6.45) is 3.77. The van der Waals surface area contributed by atoms with Crippen LogP contribution in [0.3, 0.4) is 0 Å². The number of fused-ring (bicyclic) bond motifs is 1. The van der Waals surface area contributed by atoms with E-state index in [-0.39, 0.29) is 10.6 Å². The highest BCUT2D eigenvalue weighted by Crippen LogP contribution is 2.32. The van der Waals surface area contributed by atoms with E-state index >= 15 is 0 Å². The number of carbonyl (C=O) groups excluding carboxylic acids is 1. The second kappa shape index (κ2) is 6.36. The second-order valence-electron chi connectivity index (χ2n) is 5.50. The Morgan fingerprint density at radius 3 is 2.88 bits per heavy atom. The van der Waals surface area contributed by atoms with E-state index in [0.717, 1.165) is 10.9 Å². The Morgan fingerprint density at radius 2 is 2.23 bits per heavy atom. The van der Waals surface area contributed by atoms with Gasteiger partial charge in [-0.05, 0) is 19.1 Å². The molecule has 9 nitrogen and oxygen atoms in total. The summed E-state index contributed by atoms with van der Waals surface area (Å²) >= 11 is 6.10. The van der Waals surface area contributed by atoms with Crippen LogP contribution in [0.25, 0.3) is 10.9 Å². The third-order valence-electron chi connectivity index (χ3n) is 3.85. The summed E-state index contributed by atoms with van der Waals surface area (Å²) in [7, 11) is -3.98. The maximum Gasteiger partial charge on any atom is 0.265 e. The van der Waals surface area contributed by atoms with Gasteiger partial charge in [-0.25, -0.2) is 8.42 Å². The second-order valence-corrected chi connectivity index (χ2v) is 7.59. The number of primary amides is 1. The van der Waals surface area contributed by atoms with Gasteiger partial charge in [0.05, 0.1) is 28.0 Å². The molecular formula is C15H13ClN6O3S. The van der Waals surface area contributed by atoms with Crippen molar-refractivity contribution in [1.82, 2.24) is 14.8 Å². The molecule has 1 amide bonds. The number of amides is 1. The third-order valence-corrected chi connectivity index (χ3v) is 5.48. The first-order valence-electron chi connectivity index (χ1n) is 7.30. The van der Waals surface area contributed by atoms with Gasteiger partial charge in [-0.1, -0.05) is 11.6 Å². The monoisotopic (exact) mass is 392 g/mol. The summed E-state index contributed by atoms with van der Waals surface area (Å²) in [5.74, 6) is -0.639. The highest BCUT2D eigenvalue weighted by Gasteiger charge is 2.22. The minimum absolute atomic E-state index is 0.138. The predicted molar refractivity (Wildman–Crippen MR) is 95.0 cm³/mol. The Balaban J connectivity index is 2.00. The van der Waals surface area contributed by atoms with Gasteiger partial charge in [-0.2, -0.15) is 10.4 Å². The average molecular weight is 393 g/mol. The largest absolute Gasteiger partial charge is 0.368 e. The molecule has 0 fully saturated rings. The van der Waals surface area contributed by atoms with Crippen molar-refractivity contribution in [2.24, 2.45) is 5.73 Å². The maximum absolute atomic E-state index is 12.6. The number of carbonyl (C=O) groups is 1. The molecule has 4 N–H and O–H groups in total. The number of anilines is 1. The van der Waals surface area contributed by atoms with Gasteiger partial charge >= 0.3 is 0 Å². The van der Waals surface area contributed by atoms with E-state index in [4.69, 9.17) is 22.6 Å². The van der Waals surface area contributed by atoms with Crippen LogP contribution in [-0.4, -0.2) is 29.1 Å². The first-order chi connectivity index (χ1) is 12.2. The fourth-order valence-corrected chi connectivity index (χ4v) is 3.65. The topological polar surface area (TPSA) is 147 Å². The van der Waals surface area contributed by atoms with Crippen molar-refractivity contribution in [1.29, 1.82) is 5.26 Å². The van der Waals surface area contributed by atoms with Crippen LogP contribution in [0, 0.1) is 11.3 Å². The molecule has 11 heteroatoms. The summed E-state index contributed by atoms with van der Waals surface area (Å²) < 4.78 is 28.8. The molecule has 2 aromatic heterocycles. The number of benzene rings is 1. The summed E-state index contributed by atoms with van der Waals surface area (Å²) in [4.78, 5) is 13.9. The number of aromatic nitrogens is 3. The molecule has 0 saturated carbocycles. The summed E-state index contributed by atoms with van der Waals surface area (Å²) in [6.45, 7) is 1.50. The van der Waals surface area contributed by atoms with Crippen molar-refractivity contribution in [3.63, 3.8) is 0 Å². The van der Waals surface area contributed by atoms with E-state index in [1.54, 1.807) is 0 Å². The van der Waals surface area contributed by atoms with Gasteiger partial charge in [0, 0.05) is 17.8 Å². The minimum atomic E-state index is -3.98. The van der Waals surface area contributed by atoms with Crippen molar-refractivity contribution >= 4 is 44.1 Å². The van der Waals surface area contributed by atoms with E-state index in [9.17, 15) is 13.2 Å². The van der Waals surface area contributed by atoms with Crippen molar-refractivity contribution in [3.05, 3.63) is 41.3 Å². The number of rotatable bonds is 5. The number of hydrogen-bond donors (Lipinski definition) is 3. The molecule has 1 aromatic carbocycles. The zero-order valence-electron chi connectivity index (χ0n) is 13.4. The molecule has 0 aliphatic rings. The standard InChI is InChI=1S/C15H13ClN6O3S/c1-8(15(18)23)22-7-10(6-20-22)26(24,25)21-12-3-2-11(16)13-9(4-17)5-19-14(12)13/h2-3,5-8,19,21H,1H3,(H2,18,23)/t8-/m1/s1. The first-order valence-corrected chi connectivity index (χ1v) is 9.16. The molecule has 0 aliphatic heterocycles. The van der Waals surface area contributed by atoms with Crippen LogP contribution >= 0.6 is 11.6 Å². The quantitative estimate of drug-likeness (QED) is 0.605. The Kier molecular flexibility index (Phi) is 4.35. The number of H-pyrrole nitrogens is 1. The smallest absolute Gasteiger partial charge is 0.265 e. The van der Waals surface area contributed by atoms with E-state index in [2.05, 4.69) is 14.8 Å². The molecule has 3 rings (SSSR count). The molecule has 1 atom stereocenters. The summed E-state index contributed by atoms with van der Waals surface area (Å²) in [5, 5.41) is 13.7. The van der Waals surface area contributed by atoms with E-state index in [1.807, 2.05) is 6.07 Å². The number of hydrogen-bond acceptors (Lipinski definition) is 5. The SMILES string of the molecule is C[C@H](C(N)=O)n1cc(S(=O)(=O)Nc2ccc(Cl)c3c(C#N)c[nH]c23)cn1. The predicted octanol–water partition coefficient (Wildman–Crippen LogP) is 1.74. The number of nitrogens with zero attached hydrogens (tertiary/aromatic N) is 3. The highest BCUT2D eigenvalue weighted by atomic mass is 35.5. The Bertz CT molecular complexity index is 1160. The summed E-state index contributed by atoms with van der Waals surface area (Å²) in [5.41, 5.74) is 6.10. The Morgan fingerprint density at radius 1 is 1.50 bits per heavy atom. The number of nitrogens with two attached hydrogens (primary N) is 1. The lowest BCUT2D eigenvalue weighted by atomic mass is 10.1. The van der Waals surface area contributed by atoms with Crippen LogP contribution in [0.5, 0.6) is 0 Å². The van der Waals surface area contributed by atoms with Crippen LogP contribution in [0.2, 0.25) is 5.02 Å². The maximum atomic E-state index is 12.6. The molecule has 0 aliphatic carbocycles. The Hall–Kier alpha value is -3.03. The third kappa shape index (κ3) is 2.98. The van der Waals surface area contributed by atoms with Gasteiger partial charge < -0.3 is 10.7 Å². The lowest BCUT2D eigenvalue weighted by Gasteiger charge is -2.09. The normalized spacial score (nSPS) is 12.7. The molecule has 0 radical (unpaired) electrons.